The zero-order valence-corrected chi connectivity index (χ0v) is 14.7. The van der Waals surface area contributed by atoms with E-state index in [1.807, 2.05) is 31.2 Å². The van der Waals surface area contributed by atoms with Gasteiger partial charge in [-0.3, -0.25) is 9.59 Å². The second-order valence-electron chi connectivity index (χ2n) is 5.64. The van der Waals surface area contributed by atoms with Gasteiger partial charge < -0.3 is 15.4 Å². The van der Waals surface area contributed by atoms with Gasteiger partial charge in [-0.1, -0.05) is 38.1 Å². The second kappa shape index (κ2) is 9.47. The van der Waals surface area contributed by atoms with Crippen LogP contribution in [0, 0.1) is 0 Å². The molecule has 0 unspecified atom stereocenters. The number of hydrogen-bond acceptors (Lipinski definition) is 3. The second-order valence-corrected chi connectivity index (χ2v) is 5.64. The van der Waals surface area contributed by atoms with Gasteiger partial charge in [0.1, 0.15) is 5.75 Å². The van der Waals surface area contributed by atoms with Crippen LogP contribution in [0.15, 0.2) is 48.5 Å². The molecule has 0 bridgehead atoms. The molecular formula is C20H24N2O3. The van der Waals surface area contributed by atoms with Crippen LogP contribution in [0.3, 0.4) is 0 Å². The summed E-state index contributed by atoms with van der Waals surface area (Å²) in [4.78, 5) is 24.3. The molecule has 5 heteroatoms. The number of benzene rings is 2. The molecule has 0 radical (unpaired) electrons. The van der Waals surface area contributed by atoms with Gasteiger partial charge in [0.05, 0.1) is 11.3 Å². The van der Waals surface area contributed by atoms with E-state index in [9.17, 15) is 9.59 Å². The molecule has 2 amide bonds. The number of carbonyl (C=O) groups excluding carboxylic acids is 2. The molecule has 2 aromatic carbocycles. The fourth-order valence-corrected chi connectivity index (χ4v) is 2.31. The third-order valence-corrected chi connectivity index (χ3v) is 3.66. The maximum absolute atomic E-state index is 12.2. The van der Waals surface area contributed by atoms with E-state index >= 15 is 0 Å². The third kappa shape index (κ3) is 5.64. The Morgan fingerprint density at radius 3 is 2.60 bits per heavy atom. The smallest absolute Gasteiger partial charge is 0.262 e. The molecule has 0 atom stereocenters. The minimum atomic E-state index is -0.308. The van der Waals surface area contributed by atoms with Gasteiger partial charge in [0.2, 0.25) is 0 Å². The molecule has 2 rings (SSSR count). The molecule has 0 aliphatic rings. The van der Waals surface area contributed by atoms with Crippen molar-refractivity contribution >= 4 is 17.5 Å². The summed E-state index contributed by atoms with van der Waals surface area (Å²) in [6, 6.07) is 14.6. The van der Waals surface area contributed by atoms with Gasteiger partial charge in [0.15, 0.2) is 6.61 Å². The molecule has 0 fully saturated rings. The Labute approximate surface area is 148 Å². The van der Waals surface area contributed by atoms with E-state index in [-0.39, 0.29) is 18.4 Å². The number of amides is 2. The van der Waals surface area contributed by atoms with Crippen molar-refractivity contribution in [3.63, 3.8) is 0 Å². The molecule has 0 heterocycles. The van der Waals surface area contributed by atoms with Crippen LogP contribution < -0.4 is 15.4 Å². The molecule has 0 aliphatic carbocycles. The van der Waals surface area contributed by atoms with Crippen molar-refractivity contribution < 1.29 is 14.3 Å². The zero-order chi connectivity index (χ0) is 18.1. The van der Waals surface area contributed by atoms with Crippen LogP contribution in [0.1, 0.15) is 36.2 Å². The van der Waals surface area contributed by atoms with E-state index in [4.69, 9.17) is 4.74 Å². The van der Waals surface area contributed by atoms with Crippen LogP contribution in [0.25, 0.3) is 0 Å². The number of aryl methyl sites for hydroxylation is 1. The highest BCUT2D eigenvalue weighted by Gasteiger charge is 2.13. The number of rotatable bonds is 8. The summed E-state index contributed by atoms with van der Waals surface area (Å²) in [5.41, 5.74) is 2.07. The van der Waals surface area contributed by atoms with E-state index < -0.39 is 0 Å². The zero-order valence-electron chi connectivity index (χ0n) is 14.7. The minimum absolute atomic E-state index is 0.113. The Morgan fingerprint density at radius 2 is 1.84 bits per heavy atom. The van der Waals surface area contributed by atoms with E-state index in [1.54, 1.807) is 24.3 Å². The van der Waals surface area contributed by atoms with Crippen LogP contribution in [0.4, 0.5) is 5.69 Å². The van der Waals surface area contributed by atoms with Gasteiger partial charge >= 0.3 is 0 Å². The lowest BCUT2D eigenvalue weighted by Crippen LogP contribution is -2.27. The van der Waals surface area contributed by atoms with Crippen molar-refractivity contribution in [1.29, 1.82) is 0 Å². The maximum Gasteiger partial charge on any atom is 0.262 e. The lowest BCUT2D eigenvalue weighted by molar-refractivity contribution is -0.118. The fourth-order valence-electron chi connectivity index (χ4n) is 2.31. The van der Waals surface area contributed by atoms with Crippen LogP contribution in [0.5, 0.6) is 5.75 Å². The van der Waals surface area contributed by atoms with Gasteiger partial charge in [-0.2, -0.15) is 0 Å². The molecule has 132 valence electrons. The first kappa shape index (κ1) is 18.5. The van der Waals surface area contributed by atoms with E-state index in [2.05, 4.69) is 17.6 Å². The van der Waals surface area contributed by atoms with Crippen molar-refractivity contribution in [2.45, 2.75) is 26.7 Å². The van der Waals surface area contributed by atoms with Crippen LogP contribution >= 0.6 is 0 Å². The van der Waals surface area contributed by atoms with Crippen LogP contribution in [-0.4, -0.2) is 25.0 Å². The van der Waals surface area contributed by atoms with Crippen molar-refractivity contribution in [2.75, 3.05) is 18.5 Å². The van der Waals surface area contributed by atoms with Gasteiger partial charge in [-0.15, -0.1) is 0 Å². The summed E-state index contributed by atoms with van der Waals surface area (Å²) >= 11 is 0. The number of para-hydroxylation sites is 1. The van der Waals surface area contributed by atoms with Gasteiger partial charge in [-0.05, 0) is 42.7 Å². The van der Waals surface area contributed by atoms with Crippen molar-refractivity contribution in [2.24, 2.45) is 0 Å². The maximum atomic E-state index is 12.2. The lowest BCUT2D eigenvalue weighted by atomic mass is 10.1. The molecule has 25 heavy (non-hydrogen) atoms. The topological polar surface area (TPSA) is 67.4 Å². The first-order valence-corrected chi connectivity index (χ1v) is 8.52. The number of anilines is 1. The number of hydrogen-bond donors (Lipinski definition) is 2. The Morgan fingerprint density at radius 1 is 1.04 bits per heavy atom. The van der Waals surface area contributed by atoms with E-state index in [1.165, 1.54) is 0 Å². The SMILES string of the molecule is CCCNC(=O)c1ccccc1NC(=O)COc1cccc(CC)c1. The molecule has 0 saturated heterocycles. The van der Waals surface area contributed by atoms with E-state index in [0.29, 0.717) is 23.5 Å². The lowest BCUT2D eigenvalue weighted by Gasteiger charge is -2.12. The molecule has 0 aromatic heterocycles. The van der Waals surface area contributed by atoms with Crippen molar-refractivity contribution in [3.05, 3.63) is 59.7 Å². The average molecular weight is 340 g/mol. The Bertz CT molecular complexity index is 728. The first-order valence-electron chi connectivity index (χ1n) is 8.52. The normalized spacial score (nSPS) is 10.2. The molecule has 2 N–H and O–H groups in total. The Kier molecular flexibility index (Phi) is 7.01. The van der Waals surface area contributed by atoms with Gasteiger partial charge in [0.25, 0.3) is 11.8 Å². The molecule has 0 spiro atoms. The predicted molar refractivity (Wildman–Crippen MR) is 99.0 cm³/mol. The fraction of sp³-hybridized carbons (Fsp3) is 0.300. The summed E-state index contributed by atoms with van der Waals surface area (Å²) < 4.78 is 5.54. The predicted octanol–water partition coefficient (Wildman–Crippen LogP) is 3.41. The molecule has 5 nitrogen and oxygen atoms in total. The monoisotopic (exact) mass is 340 g/mol. The Hall–Kier alpha value is -2.82. The van der Waals surface area contributed by atoms with Gasteiger partial charge in [0, 0.05) is 6.54 Å². The largest absolute Gasteiger partial charge is 0.484 e. The summed E-state index contributed by atoms with van der Waals surface area (Å²) in [7, 11) is 0. The highest BCUT2D eigenvalue weighted by Crippen LogP contribution is 2.16. The summed E-state index contributed by atoms with van der Waals surface area (Å²) in [5.74, 6) is 0.149. The number of nitrogens with one attached hydrogen (secondary N) is 2. The number of ether oxygens (including phenoxy) is 1. The van der Waals surface area contributed by atoms with Crippen molar-refractivity contribution in [3.8, 4) is 5.75 Å². The molecule has 0 saturated carbocycles. The third-order valence-electron chi connectivity index (χ3n) is 3.66. The molecular weight excluding hydrogens is 316 g/mol. The van der Waals surface area contributed by atoms with Crippen LogP contribution in [-0.2, 0) is 11.2 Å². The minimum Gasteiger partial charge on any atom is -0.484 e. The molecule has 2 aromatic rings. The summed E-state index contributed by atoms with van der Waals surface area (Å²) in [6.07, 6.45) is 1.76. The Balaban J connectivity index is 1.97. The highest BCUT2D eigenvalue weighted by atomic mass is 16.5. The molecule has 0 aliphatic heterocycles. The highest BCUT2D eigenvalue weighted by molar-refractivity contribution is 6.04. The van der Waals surface area contributed by atoms with E-state index in [0.717, 1.165) is 18.4 Å². The van der Waals surface area contributed by atoms with Crippen LogP contribution in [0.2, 0.25) is 0 Å². The van der Waals surface area contributed by atoms with Crippen molar-refractivity contribution in [1.82, 2.24) is 5.32 Å². The first-order chi connectivity index (χ1) is 12.1. The van der Waals surface area contributed by atoms with Gasteiger partial charge in [-0.25, -0.2) is 0 Å². The number of carbonyl (C=O) groups is 2. The average Bonchev–Trinajstić information content (AvgIpc) is 2.65. The summed E-state index contributed by atoms with van der Waals surface area (Å²) in [6.45, 7) is 4.53. The standard InChI is InChI=1S/C20H24N2O3/c1-3-12-21-20(24)17-10-5-6-11-18(17)22-19(23)14-25-16-9-7-8-15(4-2)13-16/h5-11,13H,3-4,12,14H2,1-2H3,(H,21,24)(H,22,23). The quantitative estimate of drug-likeness (QED) is 0.774. The summed E-state index contributed by atoms with van der Waals surface area (Å²) in [5, 5.41) is 5.55.